The van der Waals surface area contributed by atoms with Crippen molar-refractivity contribution in [2.75, 3.05) is 18.4 Å². The van der Waals surface area contributed by atoms with Crippen molar-refractivity contribution in [2.24, 2.45) is 5.16 Å². The first kappa shape index (κ1) is 16.6. The molecule has 1 saturated heterocycles. The number of aryl methyl sites for hydroxylation is 1. The lowest BCUT2D eigenvalue weighted by atomic mass is 9.96. The number of pyridine rings is 1. The number of hydrogen-bond acceptors (Lipinski definition) is 7. The molecule has 1 spiro atoms. The van der Waals surface area contributed by atoms with Crippen LogP contribution in [0.5, 0.6) is 0 Å². The molecular formula is C17H17N5O3S. The molecule has 0 radical (unpaired) electrons. The summed E-state index contributed by atoms with van der Waals surface area (Å²) in [6.45, 7) is 2.78. The molecule has 0 aliphatic carbocycles. The largest absolute Gasteiger partial charge is 0.386 e. The Morgan fingerprint density at radius 1 is 1.38 bits per heavy atom. The van der Waals surface area contributed by atoms with Crippen LogP contribution in [0.4, 0.5) is 5.69 Å². The number of carbonyl (C=O) groups is 2. The maximum absolute atomic E-state index is 12.5. The zero-order valence-electron chi connectivity index (χ0n) is 14.1. The molecule has 4 rings (SSSR count). The predicted octanol–water partition coefficient (Wildman–Crippen LogP) is 1.85. The molecule has 2 amide bonds. The SMILES string of the molecule is Cc1ncccc1NC(=O)C1=NOC2(CCN(C(=O)c3cscn3)C2)C1. The van der Waals surface area contributed by atoms with Gasteiger partial charge in [0.05, 0.1) is 23.4 Å². The highest BCUT2D eigenvalue weighted by Crippen LogP contribution is 2.34. The lowest BCUT2D eigenvalue weighted by Gasteiger charge is -2.21. The van der Waals surface area contributed by atoms with Crippen molar-refractivity contribution in [3.05, 3.63) is 40.6 Å². The van der Waals surface area contributed by atoms with Crippen LogP contribution in [-0.2, 0) is 9.63 Å². The Hall–Kier alpha value is -2.81. The van der Waals surface area contributed by atoms with E-state index in [4.69, 9.17) is 4.84 Å². The van der Waals surface area contributed by atoms with Crippen LogP contribution in [0.1, 0.15) is 29.0 Å². The minimum Gasteiger partial charge on any atom is -0.386 e. The van der Waals surface area contributed by atoms with Crippen molar-refractivity contribution in [3.8, 4) is 0 Å². The topological polar surface area (TPSA) is 96.8 Å². The summed E-state index contributed by atoms with van der Waals surface area (Å²) in [5.74, 6) is -0.419. The molecule has 26 heavy (non-hydrogen) atoms. The van der Waals surface area contributed by atoms with Crippen molar-refractivity contribution in [1.29, 1.82) is 0 Å². The minimum absolute atomic E-state index is 0.115. The lowest BCUT2D eigenvalue weighted by molar-refractivity contribution is -0.110. The number of nitrogens with one attached hydrogen (secondary N) is 1. The number of hydrogen-bond donors (Lipinski definition) is 1. The maximum Gasteiger partial charge on any atom is 0.273 e. The Labute approximate surface area is 153 Å². The Bertz CT molecular complexity index is 882. The third-order valence-corrected chi connectivity index (χ3v) is 5.20. The van der Waals surface area contributed by atoms with Gasteiger partial charge in [-0.2, -0.15) is 0 Å². The van der Waals surface area contributed by atoms with Gasteiger partial charge in [0.25, 0.3) is 11.8 Å². The average Bonchev–Trinajstić information content (AvgIpc) is 3.38. The van der Waals surface area contributed by atoms with E-state index < -0.39 is 5.60 Å². The van der Waals surface area contributed by atoms with E-state index in [0.717, 1.165) is 5.69 Å². The van der Waals surface area contributed by atoms with Gasteiger partial charge in [-0.3, -0.25) is 14.6 Å². The fourth-order valence-electron chi connectivity index (χ4n) is 3.17. The third kappa shape index (κ3) is 3.05. The molecule has 1 unspecified atom stereocenters. The van der Waals surface area contributed by atoms with Gasteiger partial charge in [0.15, 0.2) is 5.60 Å². The molecule has 1 N–H and O–H groups in total. The van der Waals surface area contributed by atoms with E-state index in [-0.39, 0.29) is 11.8 Å². The van der Waals surface area contributed by atoms with Crippen LogP contribution in [0, 0.1) is 6.92 Å². The second-order valence-electron chi connectivity index (χ2n) is 6.43. The van der Waals surface area contributed by atoms with E-state index in [9.17, 15) is 9.59 Å². The Balaban J connectivity index is 1.39. The highest BCUT2D eigenvalue weighted by Gasteiger charge is 2.48. The fourth-order valence-corrected chi connectivity index (χ4v) is 3.70. The number of amides is 2. The molecule has 9 heteroatoms. The van der Waals surface area contributed by atoms with Crippen molar-refractivity contribution in [1.82, 2.24) is 14.9 Å². The standard InChI is InChI=1S/C17H17N5O3S/c1-11-12(3-2-5-18-11)20-15(23)13-7-17(25-21-13)4-6-22(9-17)16(24)14-8-26-10-19-14/h2-3,5,8,10H,4,6-7,9H2,1H3,(H,20,23). The lowest BCUT2D eigenvalue weighted by Crippen LogP contribution is -2.37. The first-order valence-corrected chi connectivity index (χ1v) is 9.16. The van der Waals surface area contributed by atoms with Gasteiger partial charge in [-0.05, 0) is 19.1 Å². The van der Waals surface area contributed by atoms with Gasteiger partial charge in [0.2, 0.25) is 0 Å². The molecule has 1 fully saturated rings. The molecule has 4 heterocycles. The van der Waals surface area contributed by atoms with Gasteiger partial charge in [0.1, 0.15) is 11.4 Å². The van der Waals surface area contributed by atoms with Gasteiger partial charge >= 0.3 is 0 Å². The number of thiazole rings is 1. The Kier molecular flexibility index (Phi) is 4.15. The number of anilines is 1. The fraction of sp³-hybridized carbons (Fsp3) is 0.353. The average molecular weight is 371 g/mol. The summed E-state index contributed by atoms with van der Waals surface area (Å²) in [6.07, 6.45) is 2.68. The van der Waals surface area contributed by atoms with Gasteiger partial charge < -0.3 is 15.1 Å². The number of carbonyl (C=O) groups excluding carboxylic acids is 2. The molecule has 8 nitrogen and oxygen atoms in total. The van der Waals surface area contributed by atoms with Crippen LogP contribution < -0.4 is 5.32 Å². The zero-order valence-corrected chi connectivity index (χ0v) is 15.0. The molecule has 2 aliphatic heterocycles. The molecule has 0 aromatic carbocycles. The second-order valence-corrected chi connectivity index (χ2v) is 7.15. The first-order chi connectivity index (χ1) is 12.6. The summed E-state index contributed by atoms with van der Waals surface area (Å²) < 4.78 is 0. The summed E-state index contributed by atoms with van der Waals surface area (Å²) in [4.78, 5) is 40.4. The number of aromatic nitrogens is 2. The molecular weight excluding hydrogens is 354 g/mol. The van der Waals surface area contributed by atoms with Gasteiger partial charge in [-0.25, -0.2) is 4.98 Å². The van der Waals surface area contributed by atoms with Crippen LogP contribution >= 0.6 is 11.3 Å². The number of nitrogens with zero attached hydrogens (tertiary/aromatic N) is 4. The summed E-state index contributed by atoms with van der Waals surface area (Å²) in [7, 11) is 0. The molecule has 2 aromatic heterocycles. The number of oxime groups is 1. The highest BCUT2D eigenvalue weighted by molar-refractivity contribution is 7.07. The van der Waals surface area contributed by atoms with Crippen LogP contribution in [0.2, 0.25) is 0 Å². The smallest absolute Gasteiger partial charge is 0.273 e. The van der Waals surface area contributed by atoms with Crippen molar-refractivity contribution < 1.29 is 14.4 Å². The van der Waals surface area contributed by atoms with E-state index in [1.54, 1.807) is 34.1 Å². The van der Waals surface area contributed by atoms with Crippen LogP contribution in [0.15, 0.2) is 34.4 Å². The predicted molar refractivity (Wildman–Crippen MR) is 96.1 cm³/mol. The van der Waals surface area contributed by atoms with E-state index in [1.807, 2.05) is 6.92 Å². The van der Waals surface area contributed by atoms with Gasteiger partial charge in [-0.1, -0.05) is 5.16 Å². The normalized spacial score (nSPS) is 21.6. The van der Waals surface area contributed by atoms with Gasteiger partial charge in [-0.15, -0.1) is 11.3 Å². The van der Waals surface area contributed by atoms with E-state index in [0.29, 0.717) is 43.0 Å². The third-order valence-electron chi connectivity index (χ3n) is 4.61. The van der Waals surface area contributed by atoms with Crippen molar-refractivity contribution in [2.45, 2.75) is 25.4 Å². The number of rotatable bonds is 3. The van der Waals surface area contributed by atoms with Gasteiger partial charge in [0, 0.05) is 31.0 Å². The second kappa shape index (κ2) is 6.49. The van der Waals surface area contributed by atoms with E-state index in [1.165, 1.54) is 11.3 Å². The van der Waals surface area contributed by atoms with Crippen LogP contribution in [0.25, 0.3) is 0 Å². The highest BCUT2D eigenvalue weighted by atomic mass is 32.1. The Morgan fingerprint density at radius 3 is 3.04 bits per heavy atom. The zero-order chi connectivity index (χ0) is 18.1. The quantitative estimate of drug-likeness (QED) is 0.888. The van der Waals surface area contributed by atoms with E-state index >= 15 is 0 Å². The molecule has 2 aromatic rings. The minimum atomic E-state index is -0.623. The van der Waals surface area contributed by atoms with E-state index in [2.05, 4.69) is 20.4 Å². The molecule has 2 aliphatic rings. The maximum atomic E-state index is 12.5. The van der Waals surface area contributed by atoms with Crippen molar-refractivity contribution >= 4 is 34.6 Å². The van der Waals surface area contributed by atoms with Crippen molar-refractivity contribution in [3.63, 3.8) is 0 Å². The van der Waals surface area contributed by atoms with Crippen LogP contribution in [0.3, 0.4) is 0 Å². The summed E-state index contributed by atoms with van der Waals surface area (Å²) in [5, 5.41) is 8.53. The summed E-state index contributed by atoms with van der Waals surface area (Å²) >= 11 is 1.39. The van der Waals surface area contributed by atoms with Crippen LogP contribution in [-0.4, -0.2) is 51.1 Å². The number of likely N-dealkylation sites (tertiary alicyclic amines) is 1. The molecule has 0 saturated carbocycles. The molecule has 1 atom stereocenters. The summed E-state index contributed by atoms with van der Waals surface area (Å²) in [6, 6.07) is 3.55. The first-order valence-electron chi connectivity index (χ1n) is 8.22. The monoisotopic (exact) mass is 371 g/mol. The molecule has 134 valence electrons. The molecule has 0 bridgehead atoms. The Morgan fingerprint density at radius 2 is 2.27 bits per heavy atom. The summed E-state index contributed by atoms with van der Waals surface area (Å²) in [5.41, 5.74) is 3.16.